The Morgan fingerprint density at radius 3 is 2.49 bits per heavy atom. The third-order valence-electron chi connectivity index (χ3n) is 9.57. The lowest BCUT2D eigenvalue weighted by Crippen LogP contribution is -2.48. The average Bonchev–Trinajstić information content (AvgIpc) is 3.62. The van der Waals surface area contributed by atoms with E-state index in [2.05, 4.69) is 15.9 Å². The number of halogens is 1. The van der Waals surface area contributed by atoms with Gasteiger partial charge in [-0.3, -0.25) is 24.1 Å². The number of rotatable bonds is 4. The van der Waals surface area contributed by atoms with Gasteiger partial charge in [0.15, 0.2) is 0 Å². The molecule has 6 atom stereocenters. The summed E-state index contributed by atoms with van der Waals surface area (Å²) in [7, 11) is 0. The zero-order valence-corrected chi connectivity index (χ0v) is 24.6. The minimum Gasteiger partial charge on any atom is -0.508 e. The maximum atomic E-state index is 14.4. The minimum absolute atomic E-state index is 0.0217. The molecule has 1 saturated carbocycles. The first-order valence-electron chi connectivity index (χ1n) is 13.7. The summed E-state index contributed by atoms with van der Waals surface area (Å²) in [6.07, 6.45) is 2.66. The Morgan fingerprint density at radius 1 is 0.976 bits per heavy atom. The molecule has 1 aromatic heterocycles. The summed E-state index contributed by atoms with van der Waals surface area (Å²) in [5.74, 6) is -3.92. The van der Waals surface area contributed by atoms with Crippen LogP contribution in [0.4, 0.5) is 5.69 Å². The quantitative estimate of drug-likeness (QED) is 0.297. The number of carbonyl (C=O) groups is 4. The molecule has 4 aliphatic rings. The molecule has 4 amide bonds. The number of hydrogen-bond acceptors (Lipinski definition) is 6. The van der Waals surface area contributed by atoms with E-state index in [9.17, 15) is 24.3 Å². The van der Waals surface area contributed by atoms with Crippen LogP contribution < -0.4 is 4.90 Å². The molecule has 0 radical (unpaired) electrons. The van der Waals surface area contributed by atoms with Crippen molar-refractivity contribution in [2.24, 2.45) is 29.1 Å². The number of hydrogen-bond donors (Lipinski definition) is 1. The standard InChI is InChI=1S/C32H27BrN2O5S/c1-32-24(29(38)35(31(32)40)18-6-3-2-4-7-18)15-22-20(27(32)23-14-17(33)9-12-25(23)36)10-11-21-26(22)30(39)34(28(21)37)16-19-8-5-13-41-19/h2-10,12-14,21-22,24,26-27,36H,11,15-16H2,1H3. The van der Waals surface area contributed by atoms with Crippen LogP contribution in [0.2, 0.25) is 0 Å². The average molecular weight is 632 g/mol. The number of amides is 4. The number of allylic oxidation sites excluding steroid dienone is 2. The van der Waals surface area contributed by atoms with Crippen LogP contribution in [0.3, 0.4) is 0 Å². The number of likely N-dealkylation sites (tertiary alicyclic amines) is 1. The predicted octanol–water partition coefficient (Wildman–Crippen LogP) is 5.65. The van der Waals surface area contributed by atoms with E-state index in [1.54, 1.807) is 42.5 Å². The number of anilines is 1. The number of thiophene rings is 1. The molecule has 0 bridgehead atoms. The smallest absolute Gasteiger partial charge is 0.241 e. The molecule has 41 heavy (non-hydrogen) atoms. The van der Waals surface area contributed by atoms with Crippen molar-refractivity contribution in [3.63, 3.8) is 0 Å². The number of benzene rings is 2. The molecule has 1 N–H and O–H groups in total. The van der Waals surface area contributed by atoms with E-state index in [0.717, 1.165) is 14.9 Å². The van der Waals surface area contributed by atoms with Gasteiger partial charge in [-0.2, -0.15) is 0 Å². The number of nitrogens with zero attached hydrogens (tertiary/aromatic N) is 2. The number of fused-ring (bicyclic) bond motifs is 4. The minimum atomic E-state index is -1.19. The van der Waals surface area contributed by atoms with Gasteiger partial charge in [0.1, 0.15) is 5.75 Å². The van der Waals surface area contributed by atoms with E-state index in [4.69, 9.17) is 0 Å². The topological polar surface area (TPSA) is 95.0 Å². The molecule has 7 nitrogen and oxygen atoms in total. The van der Waals surface area contributed by atoms with Crippen molar-refractivity contribution in [3.05, 3.63) is 92.6 Å². The number of phenols is 1. The van der Waals surface area contributed by atoms with Crippen LogP contribution in [0.1, 0.15) is 36.1 Å². The van der Waals surface area contributed by atoms with Gasteiger partial charge in [-0.25, -0.2) is 4.90 Å². The van der Waals surface area contributed by atoms with E-state index < -0.39 is 35.0 Å². The van der Waals surface area contributed by atoms with E-state index >= 15 is 0 Å². The van der Waals surface area contributed by atoms with Crippen molar-refractivity contribution in [2.45, 2.75) is 32.2 Å². The van der Waals surface area contributed by atoms with Gasteiger partial charge in [0.25, 0.3) is 0 Å². The summed E-state index contributed by atoms with van der Waals surface area (Å²) in [5, 5.41) is 13.1. The molecule has 2 aliphatic carbocycles. The van der Waals surface area contributed by atoms with Crippen LogP contribution in [0.5, 0.6) is 5.75 Å². The van der Waals surface area contributed by atoms with Crippen LogP contribution in [-0.4, -0.2) is 33.6 Å². The SMILES string of the molecule is CC12C(=O)N(c3ccccc3)C(=O)C1CC1C(=CCC3C(=O)N(Cc4cccs4)C(=O)C31)C2c1cc(Br)ccc1O. The Hall–Kier alpha value is -3.56. The van der Waals surface area contributed by atoms with Crippen molar-refractivity contribution in [1.82, 2.24) is 4.90 Å². The lowest BCUT2D eigenvalue weighted by atomic mass is 9.51. The van der Waals surface area contributed by atoms with Crippen molar-refractivity contribution in [2.75, 3.05) is 4.90 Å². The predicted molar refractivity (Wildman–Crippen MR) is 157 cm³/mol. The molecule has 208 valence electrons. The van der Waals surface area contributed by atoms with E-state index in [0.29, 0.717) is 17.7 Å². The fourth-order valence-electron chi connectivity index (χ4n) is 7.72. The molecule has 3 aromatic rings. The third kappa shape index (κ3) is 3.74. The van der Waals surface area contributed by atoms with Crippen molar-refractivity contribution >= 4 is 56.6 Å². The fraction of sp³-hybridized carbons (Fsp3) is 0.312. The number of phenolic OH excluding ortho intramolecular Hbond substituents is 1. The second kappa shape index (κ2) is 9.49. The molecule has 6 unspecified atom stereocenters. The first-order chi connectivity index (χ1) is 19.7. The second-order valence-electron chi connectivity index (χ2n) is 11.5. The molecule has 2 aromatic carbocycles. The molecule has 9 heteroatoms. The Labute approximate surface area is 249 Å². The maximum Gasteiger partial charge on any atom is 0.241 e. The molecule has 2 saturated heterocycles. The van der Waals surface area contributed by atoms with Crippen LogP contribution >= 0.6 is 27.3 Å². The second-order valence-corrected chi connectivity index (χ2v) is 13.5. The number of imide groups is 2. The lowest BCUT2D eigenvalue weighted by molar-refractivity contribution is -0.141. The first-order valence-corrected chi connectivity index (χ1v) is 15.4. The maximum absolute atomic E-state index is 14.4. The van der Waals surface area contributed by atoms with Crippen molar-refractivity contribution < 1.29 is 24.3 Å². The van der Waals surface area contributed by atoms with Gasteiger partial charge in [0, 0.05) is 20.8 Å². The first kappa shape index (κ1) is 26.3. The van der Waals surface area contributed by atoms with E-state index in [1.807, 2.05) is 36.6 Å². The highest BCUT2D eigenvalue weighted by atomic mass is 79.9. The summed E-state index contributed by atoms with van der Waals surface area (Å²) in [4.78, 5) is 59.6. The highest BCUT2D eigenvalue weighted by Crippen LogP contribution is 2.64. The van der Waals surface area contributed by atoms with E-state index in [1.165, 1.54) is 21.1 Å². The van der Waals surface area contributed by atoms with E-state index in [-0.39, 0.29) is 42.3 Å². The highest BCUT2D eigenvalue weighted by molar-refractivity contribution is 9.10. The molecule has 2 aliphatic heterocycles. The summed E-state index contributed by atoms with van der Waals surface area (Å²) in [5.41, 5.74) is 0.695. The Bertz CT molecular complexity index is 1640. The van der Waals surface area contributed by atoms with Gasteiger partial charge in [-0.15, -0.1) is 11.3 Å². The highest BCUT2D eigenvalue weighted by Gasteiger charge is 2.67. The van der Waals surface area contributed by atoms with Crippen LogP contribution in [0.15, 0.2) is 82.2 Å². The molecule has 0 spiro atoms. The Kier molecular flexibility index (Phi) is 6.10. The largest absolute Gasteiger partial charge is 0.508 e. The molecular weight excluding hydrogens is 604 g/mol. The summed E-state index contributed by atoms with van der Waals surface area (Å²) < 4.78 is 0.729. The molecule has 3 fully saturated rings. The van der Waals surface area contributed by atoms with Gasteiger partial charge < -0.3 is 5.11 Å². The van der Waals surface area contributed by atoms with Gasteiger partial charge in [-0.1, -0.05) is 51.8 Å². The third-order valence-corrected chi connectivity index (χ3v) is 10.9. The zero-order valence-electron chi connectivity index (χ0n) is 22.2. The van der Waals surface area contributed by atoms with Gasteiger partial charge in [0.05, 0.1) is 35.4 Å². The summed E-state index contributed by atoms with van der Waals surface area (Å²) in [6.45, 7) is 2.06. The van der Waals surface area contributed by atoms with Gasteiger partial charge >= 0.3 is 0 Å². The monoisotopic (exact) mass is 630 g/mol. The van der Waals surface area contributed by atoms with Crippen LogP contribution in [-0.2, 0) is 25.7 Å². The van der Waals surface area contributed by atoms with Crippen molar-refractivity contribution in [1.29, 1.82) is 0 Å². The normalized spacial score (nSPS) is 30.8. The Morgan fingerprint density at radius 2 is 1.76 bits per heavy atom. The summed E-state index contributed by atoms with van der Waals surface area (Å²) in [6, 6.07) is 17.8. The van der Waals surface area contributed by atoms with Gasteiger partial charge in [0.2, 0.25) is 23.6 Å². The zero-order chi connectivity index (χ0) is 28.6. The Balaban J connectivity index is 1.36. The number of carbonyl (C=O) groups excluding carboxylic acids is 4. The molecular formula is C32H27BrN2O5S. The van der Waals surface area contributed by atoms with Crippen LogP contribution in [0.25, 0.3) is 0 Å². The molecule has 3 heterocycles. The molecule has 7 rings (SSSR count). The van der Waals surface area contributed by atoms with Gasteiger partial charge in [-0.05, 0) is 67.5 Å². The fourth-order valence-corrected chi connectivity index (χ4v) is 8.79. The number of aromatic hydroxyl groups is 1. The summed E-state index contributed by atoms with van der Waals surface area (Å²) >= 11 is 5.02. The lowest BCUT2D eigenvalue weighted by Gasteiger charge is -2.49. The van der Waals surface area contributed by atoms with Crippen molar-refractivity contribution in [3.8, 4) is 5.75 Å². The van der Waals surface area contributed by atoms with Crippen LogP contribution in [0, 0.1) is 29.1 Å². The number of para-hydroxylation sites is 1.